The first-order valence-corrected chi connectivity index (χ1v) is 10.6. The van der Waals surface area contributed by atoms with Crippen molar-refractivity contribution in [1.29, 1.82) is 0 Å². The zero-order chi connectivity index (χ0) is 19.4. The number of piperidine rings is 1. The van der Waals surface area contributed by atoms with E-state index in [2.05, 4.69) is 33.0 Å². The van der Waals surface area contributed by atoms with Crippen LogP contribution in [-0.4, -0.2) is 31.8 Å². The van der Waals surface area contributed by atoms with Gasteiger partial charge in [0, 0.05) is 29.1 Å². The molecule has 2 aliphatic heterocycles. The number of aliphatic hydroxyl groups excluding tert-OH is 1. The van der Waals surface area contributed by atoms with Crippen LogP contribution >= 0.6 is 22.6 Å². The fourth-order valence-electron chi connectivity index (χ4n) is 4.61. The maximum absolute atomic E-state index is 14.2. The first-order valence-electron chi connectivity index (χ1n) is 9.53. The van der Waals surface area contributed by atoms with Gasteiger partial charge < -0.3 is 16.2 Å². The molecule has 2 aromatic heterocycles. The van der Waals surface area contributed by atoms with Crippen LogP contribution in [0.3, 0.4) is 0 Å². The maximum Gasteiger partial charge on any atom is 0.165 e. The van der Waals surface area contributed by atoms with Crippen molar-refractivity contribution in [2.24, 2.45) is 0 Å². The number of nitrogen functional groups attached to an aromatic ring is 1. The largest absolute Gasteiger partial charge is 0.392 e. The van der Waals surface area contributed by atoms with E-state index >= 15 is 0 Å². The molecule has 0 spiro atoms. The number of aromatic nitrogens is 3. The summed E-state index contributed by atoms with van der Waals surface area (Å²) in [5.74, 6) is 0.507. The lowest BCUT2D eigenvalue weighted by Gasteiger charge is -2.29. The Hall–Kier alpha value is -1.78. The Labute approximate surface area is 175 Å². The predicted octanol–water partition coefficient (Wildman–Crippen LogP) is 3.21. The number of anilines is 1. The van der Waals surface area contributed by atoms with E-state index in [4.69, 9.17) is 10.7 Å². The second-order valence-corrected chi connectivity index (χ2v) is 8.84. The first-order chi connectivity index (χ1) is 13.5. The van der Waals surface area contributed by atoms with Gasteiger partial charge in [0.05, 0.1) is 22.1 Å². The predicted molar refractivity (Wildman–Crippen MR) is 113 cm³/mol. The van der Waals surface area contributed by atoms with E-state index in [1.165, 1.54) is 18.9 Å². The quantitative estimate of drug-likeness (QED) is 0.488. The standard InChI is InChI=1S/C20H21FIN5O/c21-16-7-10(1-2-11(16)9-28)15-8-24-27-19(23)17(22)18(26-20(15)27)12-5-13-3-4-14(6-12)25-13/h1-2,7-8,12-14,25,28H,3-6,9,23H2/t12-,13-,14+. The first kappa shape index (κ1) is 18.3. The number of fused-ring (bicyclic) bond motifs is 3. The average Bonchev–Trinajstić information content (AvgIpc) is 3.27. The van der Waals surface area contributed by atoms with Gasteiger partial charge >= 0.3 is 0 Å². The minimum Gasteiger partial charge on any atom is -0.392 e. The van der Waals surface area contributed by atoms with Gasteiger partial charge in [0.15, 0.2) is 5.65 Å². The number of nitrogens with two attached hydrogens (primary N) is 1. The Kier molecular flexibility index (Phi) is 4.52. The van der Waals surface area contributed by atoms with Crippen LogP contribution < -0.4 is 11.1 Å². The van der Waals surface area contributed by atoms with Gasteiger partial charge in [-0.1, -0.05) is 12.1 Å². The Morgan fingerprint density at radius 2 is 2.04 bits per heavy atom. The van der Waals surface area contributed by atoms with Gasteiger partial charge in [0.2, 0.25) is 0 Å². The van der Waals surface area contributed by atoms with E-state index in [0.29, 0.717) is 35.0 Å². The molecule has 3 atom stereocenters. The Morgan fingerprint density at radius 1 is 1.29 bits per heavy atom. The molecule has 4 N–H and O–H groups in total. The molecule has 4 heterocycles. The number of aliphatic hydroxyl groups is 1. The molecule has 8 heteroatoms. The normalized spacial score (nSPS) is 24.2. The molecule has 0 saturated carbocycles. The van der Waals surface area contributed by atoms with E-state index in [1.54, 1.807) is 22.8 Å². The second kappa shape index (κ2) is 6.93. The molecule has 6 nitrogen and oxygen atoms in total. The molecule has 2 bridgehead atoms. The summed E-state index contributed by atoms with van der Waals surface area (Å²) in [6.45, 7) is -0.327. The Morgan fingerprint density at radius 3 is 2.71 bits per heavy atom. The van der Waals surface area contributed by atoms with E-state index in [9.17, 15) is 9.50 Å². The fourth-order valence-corrected chi connectivity index (χ4v) is 5.40. The number of halogens is 2. The second-order valence-electron chi connectivity index (χ2n) is 7.76. The number of rotatable bonds is 3. The van der Waals surface area contributed by atoms with Gasteiger partial charge in [-0.2, -0.15) is 9.61 Å². The summed E-state index contributed by atoms with van der Waals surface area (Å²) in [4.78, 5) is 4.98. The van der Waals surface area contributed by atoms with Crippen LogP contribution in [-0.2, 0) is 6.61 Å². The molecule has 0 radical (unpaired) electrons. The highest BCUT2D eigenvalue weighted by Gasteiger charge is 2.36. The van der Waals surface area contributed by atoms with Crippen molar-refractivity contribution in [1.82, 2.24) is 19.9 Å². The summed E-state index contributed by atoms with van der Waals surface area (Å²) in [6.07, 6.45) is 6.27. The summed E-state index contributed by atoms with van der Waals surface area (Å²) in [5.41, 5.74) is 9.77. The molecule has 146 valence electrons. The van der Waals surface area contributed by atoms with Crippen LogP contribution in [0.1, 0.15) is 42.9 Å². The number of nitrogens with one attached hydrogen (secondary N) is 1. The van der Waals surface area contributed by atoms with E-state index in [0.717, 1.165) is 27.7 Å². The van der Waals surface area contributed by atoms with Crippen LogP contribution in [0.15, 0.2) is 24.4 Å². The molecule has 2 saturated heterocycles. The van der Waals surface area contributed by atoms with Crippen LogP contribution in [0.5, 0.6) is 0 Å². The fraction of sp³-hybridized carbons (Fsp3) is 0.400. The smallest absolute Gasteiger partial charge is 0.165 e. The van der Waals surface area contributed by atoms with Gasteiger partial charge in [-0.15, -0.1) is 0 Å². The summed E-state index contributed by atoms with van der Waals surface area (Å²) in [7, 11) is 0. The number of nitrogens with zero attached hydrogens (tertiary/aromatic N) is 3. The van der Waals surface area contributed by atoms with Crippen molar-refractivity contribution in [3.63, 3.8) is 0 Å². The third-order valence-electron chi connectivity index (χ3n) is 6.04. The van der Waals surface area contributed by atoms with Crippen LogP contribution in [0, 0.1) is 9.39 Å². The van der Waals surface area contributed by atoms with Crippen molar-refractivity contribution in [3.8, 4) is 11.1 Å². The molecule has 5 rings (SSSR count). The summed E-state index contributed by atoms with van der Waals surface area (Å²) in [6, 6.07) is 5.91. The lowest BCUT2D eigenvalue weighted by Crippen LogP contribution is -2.37. The SMILES string of the molecule is Nc1c(I)c([C@@H]2C[C@H]3CC[C@@H](C2)N3)nc2c(-c3ccc(CO)c(F)c3)cnn12. The number of benzene rings is 1. The van der Waals surface area contributed by atoms with Gasteiger partial charge in [-0.25, -0.2) is 9.37 Å². The molecule has 0 aliphatic carbocycles. The highest BCUT2D eigenvalue weighted by molar-refractivity contribution is 14.1. The summed E-state index contributed by atoms with van der Waals surface area (Å²) >= 11 is 2.27. The van der Waals surface area contributed by atoms with E-state index in [1.807, 2.05) is 0 Å². The van der Waals surface area contributed by atoms with Crippen LogP contribution in [0.25, 0.3) is 16.8 Å². The average molecular weight is 493 g/mol. The van der Waals surface area contributed by atoms with Gasteiger partial charge in [0.1, 0.15) is 11.6 Å². The lowest BCUT2D eigenvalue weighted by molar-refractivity contribution is 0.276. The molecular weight excluding hydrogens is 472 g/mol. The van der Waals surface area contributed by atoms with Crippen molar-refractivity contribution < 1.29 is 9.50 Å². The molecule has 2 aliphatic rings. The minimum atomic E-state index is -0.437. The van der Waals surface area contributed by atoms with Crippen molar-refractivity contribution in [2.75, 3.05) is 5.73 Å². The van der Waals surface area contributed by atoms with Crippen LogP contribution in [0.4, 0.5) is 10.2 Å². The third-order valence-corrected chi connectivity index (χ3v) is 7.15. The lowest BCUT2D eigenvalue weighted by atomic mass is 9.89. The van der Waals surface area contributed by atoms with E-state index in [-0.39, 0.29) is 12.2 Å². The van der Waals surface area contributed by atoms with Crippen LogP contribution in [0.2, 0.25) is 0 Å². The van der Waals surface area contributed by atoms with Crippen molar-refractivity contribution >= 4 is 34.1 Å². The Bertz CT molecular complexity index is 1060. The zero-order valence-electron chi connectivity index (χ0n) is 15.2. The molecule has 0 unspecified atom stereocenters. The van der Waals surface area contributed by atoms with Crippen molar-refractivity contribution in [2.45, 2.75) is 50.3 Å². The molecule has 0 amide bonds. The highest BCUT2D eigenvalue weighted by atomic mass is 127. The number of hydrogen-bond acceptors (Lipinski definition) is 5. The molecule has 3 aromatic rings. The van der Waals surface area contributed by atoms with Gasteiger partial charge in [-0.3, -0.25) is 0 Å². The monoisotopic (exact) mass is 493 g/mol. The minimum absolute atomic E-state index is 0.271. The molecule has 1 aromatic carbocycles. The van der Waals surface area contributed by atoms with Gasteiger partial charge in [0.25, 0.3) is 0 Å². The Balaban J connectivity index is 1.63. The van der Waals surface area contributed by atoms with E-state index < -0.39 is 5.82 Å². The number of hydrogen-bond donors (Lipinski definition) is 3. The van der Waals surface area contributed by atoms with Crippen molar-refractivity contribution in [3.05, 3.63) is 45.0 Å². The highest BCUT2D eigenvalue weighted by Crippen LogP contribution is 2.40. The summed E-state index contributed by atoms with van der Waals surface area (Å²) < 4.78 is 16.8. The molecule has 28 heavy (non-hydrogen) atoms. The molecular formula is C20H21FIN5O. The van der Waals surface area contributed by atoms with Gasteiger partial charge in [-0.05, 0) is 59.9 Å². The third kappa shape index (κ3) is 2.89. The summed E-state index contributed by atoms with van der Waals surface area (Å²) in [5, 5.41) is 17.3. The molecule has 2 fully saturated rings. The maximum atomic E-state index is 14.2. The zero-order valence-corrected chi connectivity index (χ0v) is 17.4. The topological polar surface area (TPSA) is 88.5 Å².